The number of likely N-dealkylation sites (tertiary alicyclic amines) is 1. The maximum absolute atomic E-state index is 12.7. The summed E-state index contributed by atoms with van der Waals surface area (Å²) in [7, 11) is 1.60. The van der Waals surface area contributed by atoms with Crippen LogP contribution in [-0.2, 0) is 16.0 Å². The lowest BCUT2D eigenvalue weighted by atomic mass is 10.0. The summed E-state index contributed by atoms with van der Waals surface area (Å²) in [5.41, 5.74) is 0.834. The van der Waals surface area contributed by atoms with E-state index in [1.54, 1.807) is 31.4 Å². The summed E-state index contributed by atoms with van der Waals surface area (Å²) in [4.78, 5) is 38.2. The normalized spacial score (nSPS) is 14.2. The Morgan fingerprint density at radius 3 is 2.64 bits per heavy atom. The summed E-state index contributed by atoms with van der Waals surface area (Å²) in [6.45, 7) is 1.03. The quantitative estimate of drug-likeness (QED) is 0.556. The van der Waals surface area contributed by atoms with Crippen LogP contribution in [-0.4, -0.2) is 49.6 Å². The number of amides is 2. The van der Waals surface area contributed by atoms with Gasteiger partial charge in [0.05, 0.1) is 13.5 Å². The molecule has 1 aliphatic rings. The number of carbonyl (C=O) groups is 2. The molecule has 33 heavy (non-hydrogen) atoms. The molecule has 8 heteroatoms. The minimum atomic E-state index is -0.440. The van der Waals surface area contributed by atoms with Crippen molar-refractivity contribution in [1.82, 2.24) is 10.2 Å². The van der Waals surface area contributed by atoms with Crippen molar-refractivity contribution in [3.8, 4) is 11.5 Å². The molecule has 2 amide bonds. The molecule has 0 spiro atoms. The predicted molar refractivity (Wildman–Crippen MR) is 122 cm³/mol. The number of ether oxygens (including phenoxy) is 2. The summed E-state index contributed by atoms with van der Waals surface area (Å²) in [6.07, 6.45) is 1.66. The standard InChI is InChI=1S/C25H26N2O6/c1-31-21-5-3-2-4-18(21)14-24(29)27-12-10-19(11-13-27)26-23(28)16-32-20-8-6-17-7-9-25(30)33-22(17)15-20/h2-9,15,19H,10-14,16H2,1H3,(H,26,28). The zero-order valence-electron chi connectivity index (χ0n) is 18.4. The molecule has 2 heterocycles. The first-order valence-electron chi connectivity index (χ1n) is 10.9. The minimum Gasteiger partial charge on any atom is -0.496 e. The number of methoxy groups -OCH3 is 1. The van der Waals surface area contributed by atoms with E-state index in [1.165, 1.54) is 6.07 Å². The number of rotatable bonds is 7. The van der Waals surface area contributed by atoms with Crippen molar-refractivity contribution in [3.63, 3.8) is 0 Å². The zero-order chi connectivity index (χ0) is 23.2. The van der Waals surface area contributed by atoms with Crippen LogP contribution in [0.1, 0.15) is 18.4 Å². The number of benzene rings is 2. The first-order chi connectivity index (χ1) is 16.0. The van der Waals surface area contributed by atoms with Crippen LogP contribution in [0.4, 0.5) is 0 Å². The lowest BCUT2D eigenvalue weighted by Crippen LogP contribution is -2.47. The lowest BCUT2D eigenvalue weighted by Gasteiger charge is -2.32. The van der Waals surface area contributed by atoms with E-state index in [4.69, 9.17) is 13.9 Å². The van der Waals surface area contributed by atoms with Gasteiger partial charge >= 0.3 is 5.63 Å². The predicted octanol–water partition coefficient (Wildman–Crippen LogP) is 2.53. The Balaban J connectivity index is 1.23. The van der Waals surface area contributed by atoms with E-state index < -0.39 is 5.63 Å². The summed E-state index contributed by atoms with van der Waals surface area (Å²) in [6, 6.07) is 15.6. The molecule has 1 aliphatic heterocycles. The van der Waals surface area contributed by atoms with Crippen molar-refractivity contribution in [2.75, 3.05) is 26.8 Å². The van der Waals surface area contributed by atoms with E-state index in [0.29, 0.717) is 49.4 Å². The van der Waals surface area contributed by atoms with Gasteiger partial charge in [-0.1, -0.05) is 18.2 Å². The van der Waals surface area contributed by atoms with Gasteiger partial charge in [0.15, 0.2) is 6.61 Å². The van der Waals surface area contributed by atoms with E-state index in [0.717, 1.165) is 10.9 Å². The smallest absolute Gasteiger partial charge is 0.336 e. The Bertz CT molecular complexity index is 1200. The fourth-order valence-corrected chi connectivity index (χ4v) is 3.95. The fraction of sp³-hybridized carbons (Fsp3) is 0.320. The van der Waals surface area contributed by atoms with E-state index in [-0.39, 0.29) is 24.5 Å². The largest absolute Gasteiger partial charge is 0.496 e. The number of hydrogen-bond donors (Lipinski definition) is 1. The highest BCUT2D eigenvalue weighted by Gasteiger charge is 2.24. The molecule has 0 saturated carbocycles. The van der Waals surface area contributed by atoms with Crippen LogP contribution in [0.2, 0.25) is 0 Å². The first-order valence-corrected chi connectivity index (χ1v) is 10.9. The zero-order valence-corrected chi connectivity index (χ0v) is 18.4. The molecule has 1 N–H and O–H groups in total. The molecule has 0 aliphatic carbocycles. The van der Waals surface area contributed by atoms with Gasteiger partial charge < -0.3 is 24.1 Å². The molecular weight excluding hydrogens is 424 g/mol. The summed E-state index contributed by atoms with van der Waals surface area (Å²) in [5, 5.41) is 3.74. The van der Waals surface area contributed by atoms with Crippen LogP contribution in [0.25, 0.3) is 11.0 Å². The van der Waals surface area contributed by atoms with Crippen molar-refractivity contribution >= 4 is 22.8 Å². The van der Waals surface area contributed by atoms with Crippen molar-refractivity contribution in [2.24, 2.45) is 0 Å². The highest BCUT2D eigenvalue weighted by Crippen LogP contribution is 2.21. The second kappa shape index (κ2) is 10.2. The molecule has 1 aromatic heterocycles. The fourth-order valence-electron chi connectivity index (χ4n) is 3.95. The molecule has 1 saturated heterocycles. The lowest BCUT2D eigenvalue weighted by molar-refractivity contribution is -0.131. The van der Waals surface area contributed by atoms with Crippen LogP contribution in [0, 0.1) is 0 Å². The first kappa shape index (κ1) is 22.4. The number of nitrogens with one attached hydrogen (secondary N) is 1. The third-order valence-corrected chi connectivity index (χ3v) is 5.71. The summed E-state index contributed by atoms with van der Waals surface area (Å²) >= 11 is 0. The third-order valence-electron chi connectivity index (χ3n) is 5.71. The average molecular weight is 450 g/mol. The molecule has 1 fully saturated rings. The molecule has 4 rings (SSSR count). The molecule has 0 unspecified atom stereocenters. The van der Waals surface area contributed by atoms with Crippen LogP contribution in [0.3, 0.4) is 0 Å². The van der Waals surface area contributed by atoms with Crippen molar-refractivity contribution in [2.45, 2.75) is 25.3 Å². The highest BCUT2D eigenvalue weighted by atomic mass is 16.5. The van der Waals surface area contributed by atoms with Crippen LogP contribution in [0.15, 0.2) is 63.8 Å². The highest BCUT2D eigenvalue weighted by molar-refractivity contribution is 5.80. The Kier molecular flexibility index (Phi) is 6.92. The van der Waals surface area contributed by atoms with E-state index in [9.17, 15) is 14.4 Å². The molecule has 0 radical (unpaired) electrons. The van der Waals surface area contributed by atoms with Crippen LogP contribution in [0.5, 0.6) is 11.5 Å². The van der Waals surface area contributed by atoms with Gasteiger partial charge in [0.25, 0.3) is 5.91 Å². The number of carbonyl (C=O) groups excluding carboxylic acids is 2. The van der Waals surface area contributed by atoms with Gasteiger partial charge in [-0.05, 0) is 37.1 Å². The maximum atomic E-state index is 12.7. The van der Waals surface area contributed by atoms with Gasteiger partial charge in [0, 0.05) is 42.2 Å². The Morgan fingerprint density at radius 1 is 1.09 bits per heavy atom. The van der Waals surface area contributed by atoms with Crippen molar-refractivity contribution in [3.05, 3.63) is 70.6 Å². The molecule has 2 aromatic carbocycles. The number of fused-ring (bicyclic) bond motifs is 1. The van der Waals surface area contributed by atoms with Crippen LogP contribution >= 0.6 is 0 Å². The molecule has 0 bridgehead atoms. The second-order valence-corrected chi connectivity index (χ2v) is 7.95. The molecule has 3 aromatic rings. The SMILES string of the molecule is COc1ccccc1CC(=O)N1CCC(NC(=O)COc2ccc3ccc(=O)oc3c2)CC1. The van der Waals surface area contributed by atoms with Gasteiger partial charge in [-0.15, -0.1) is 0 Å². The molecule has 172 valence electrons. The Labute approximate surface area is 191 Å². The second-order valence-electron chi connectivity index (χ2n) is 7.95. The summed E-state index contributed by atoms with van der Waals surface area (Å²) in [5.74, 6) is 0.976. The maximum Gasteiger partial charge on any atom is 0.336 e. The van der Waals surface area contributed by atoms with E-state index in [2.05, 4.69) is 5.32 Å². The minimum absolute atomic E-state index is 0.00830. The Morgan fingerprint density at radius 2 is 1.85 bits per heavy atom. The number of hydrogen-bond acceptors (Lipinski definition) is 6. The van der Waals surface area contributed by atoms with Gasteiger partial charge in [-0.3, -0.25) is 9.59 Å². The van der Waals surface area contributed by atoms with E-state index in [1.807, 2.05) is 29.2 Å². The van der Waals surface area contributed by atoms with Gasteiger partial charge in [0.2, 0.25) is 5.91 Å². The van der Waals surface area contributed by atoms with Gasteiger partial charge in [0.1, 0.15) is 17.1 Å². The van der Waals surface area contributed by atoms with Crippen molar-refractivity contribution in [1.29, 1.82) is 0 Å². The van der Waals surface area contributed by atoms with E-state index >= 15 is 0 Å². The van der Waals surface area contributed by atoms with Gasteiger partial charge in [-0.25, -0.2) is 4.79 Å². The number of para-hydroxylation sites is 1. The number of piperidine rings is 1. The average Bonchev–Trinajstić information content (AvgIpc) is 2.83. The molecule has 8 nitrogen and oxygen atoms in total. The molecular formula is C25H26N2O6. The molecule has 0 atom stereocenters. The third kappa shape index (κ3) is 5.71. The van der Waals surface area contributed by atoms with Crippen molar-refractivity contribution < 1.29 is 23.5 Å². The summed E-state index contributed by atoms with van der Waals surface area (Å²) < 4.78 is 16.0. The van der Waals surface area contributed by atoms with Gasteiger partial charge in [-0.2, -0.15) is 0 Å². The van der Waals surface area contributed by atoms with Crippen LogP contribution < -0.4 is 20.4 Å². The topological polar surface area (TPSA) is 98.1 Å². The Hall–Kier alpha value is -3.81. The number of nitrogens with zero attached hydrogens (tertiary/aromatic N) is 1. The monoisotopic (exact) mass is 450 g/mol.